The van der Waals surface area contributed by atoms with Gasteiger partial charge < -0.3 is 10.3 Å². The Morgan fingerprint density at radius 3 is 2.63 bits per heavy atom. The van der Waals surface area contributed by atoms with Crippen LogP contribution in [0.15, 0.2) is 72.8 Å². The quantitative estimate of drug-likeness (QED) is 0.487. The maximum atomic E-state index is 12.3. The number of imidazole rings is 1. The summed E-state index contributed by atoms with van der Waals surface area (Å²) in [5.41, 5.74) is 4.69. The van der Waals surface area contributed by atoms with E-state index < -0.39 is 0 Å². The first-order valence-electron chi connectivity index (χ1n) is 8.77. The second kappa shape index (κ2) is 7.64. The minimum Gasteiger partial charge on any atom is -0.338 e. The van der Waals surface area contributed by atoms with Crippen molar-refractivity contribution in [2.24, 2.45) is 0 Å². The molecule has 0 unspecified atom stereocenters. The molecule has 0 aliphatic carbocycles. The molecule has 27 heavy (non-hydrogen) atoms. The van der Waals surface area contributed by atoms with Crippen molar-refractivity contribution in [3.05, 3.63) is 83.4 Å². The van der Waals surface area contributed by atoms with E-state index in [2.05, 4.69) is 15.3 Å². The number of amides is 1. The van der Waals surface area contributed by atoms with Crippen LogP contribution in [0.1, 0.15) is 12.0 Å². The van der Waals surface area contributed by atoms with E-state index in [1.807, 2.05) is 72.8 Å². The largest absolute Gasteiger partial charge is 0.338 e. The van der Waals surface area contributed by atoms with Crippen LogP contribution in [0, 0.1) is 0 Å². The Labute approximate surface area is 162 Å². The number of H-pyrrole nitrogens is 1. The number of hydrogen-bond acceptors (Lipinski definition) is 2. The number of benzene rings is 3. The summed E-state index contributed by atoms with van der Waals surface area (Å²) in [5.74, 6) is 0.764. The third-order valence-corrected chi connectivity index (χ3v) is 4.62. The number of rotatable bonds is 5. The smallest absolute Gasteiger partial charge is 0.224 e. The first-order chi connectivity index (χ1) is 13.2. The highest BCUT2D eigenvalue weighted by atomic mass is 35.5. The van der Waals surface area contributed by atoms with Gasteiger partial charge in [0.1, 0.15) is 5.82 Å². The number of fused-ring (bicyclic) bond motifs is 1. The molecule has 4 aromatic rings. The SMILES string of the molecule is O=C(CCc1ccc(Cl)cc1)Nc1cccc(-c2nc3ccccc3[nH]2)c1. The molecule has 2 N–H and O–H groups in total. The van der Waals surface area contributed by atoms with Crippen molar-refractivity contribution in [3.63, 3.8) is 0 Å². The number of carbonyl (C=O) groups is 1. The van der Waals surface area contributed by atoms with Crippen LogP contribution in [0.3, 0.4) is 0 Å². The van der Waals surface area contributed by atoms with Gasteiger partial charge in [-0.2, -0.15) is 0 Å². The number of aromatic amines is 1. The molecule has 0 saturated carbocycles. The maximum Gasteiger partial charge on any atom is 0.224 e. The summed E-state index contributed by atoms with van der Waals surface area (Å²) in [4.78, 5) is 20.2. The van der Waals surface area contributed by atoms with Gasteiger partial charge in [0.25, 0.3) is 0 Å². The molecule has 0 bridgehead atoms. The number of nitrogens with one attached hydrogen (secondary N) is 2. The van der Waals surface area contributed by atoms with Crippen LogP contribution in [0.2, 0.25) is 5.02 Å². The molecule has 5 heteroatoms. The number of aryl methyl sites for hydroxylation is 1. The van der Waals surface area contributed by atoms with Crippen molar-refractivity contribution in [2.75, 3.05) is 5.32 Å². The van der Waals surface area contributed by atoms with E-state index in [9.17, 15) is 4.79 Å². The zero-order chi connectivity index (χ0) is 18.6. The fourth-order valence-electron chi connectivity index (χ4n) is 2.97. The number of hydrogen-bond donors (Lipinski definition) is 2. The van der Waals surface area contributed by atoms with Gasteiger partial charge in [0.05, 0.1) is 11.0 Å². The van der Waals surface area contributed by atoms with E-state index in [-0.39, 0.29) is 5.91 Å². The van der Waals surface area contributed by atoms with E-state index in [1.54, 1.807) is 0 Å². The summed E-state index contributed by atoms with van der Waals surface area (Å²) >= 11 is 5.89. The Morgan fingerprint density at radius 1 is 1.00 bits per heavy atom. The molecular formula is C22H18ClN3O. The van der Waals surface area contributed by atoms with Crippen LogP contribution in [-0.4, -0.2) is 15.9 Å². The van der Waals surface area contributed by atoms with Crippen LogP contribution >= 0.6 is 11.6 Å². The zero-order valence-corrected chi connectivity index (χ0v) is 15.3. The summed E-state index contributed by atoms with van der Waals surface area (Å²) in [6, 6.07) is 23.2. The second-order valence-corrected chi connectivity index (χ2v) is 6.79. The lowest BCUT2D eigenvalue weighted by molar-refractivity contribution is -0.116. The molecule has 1 amide bonds. The lowest BCUT2D eigenvalue weighted by Gasteiger charge is -2.07. The van der Waals surface area contributed by atoms with Crippen LogP contribution < -0.4 is 5.32 Å². The number of aromatic nitrogens is 2. The minimum absolute atomic E-state index is 0.0216. The van der Waals surface area contributed by atoms with Crippen LogP contribution in [0.5, 0.6) is 0 Å². The van der Waals surface area contributed by atoms with Crippen LogP contribution in [0.25, 0.3) is 22.4 Å². The lowest BCUT2D eigenvalue weighted by Crippen LogP contribution is -2.12. The Hall–Kier alpha value is -3.11. The average molecular weight is 376 g/mol. The summed E-state index contributed by atoms with van der Waals surface area (Å²) in [6.45, 7) is 0. The fraction of sp³-hybridized carbons (Fsp3) is 0.0909. The van der Waals surface area contributed by atoms with E-state index >= 15 is 0 Å². The molecule has 0 spiro atoms. The number of carbonyl (C=O) groups excluding carboxylic acids is 1. The average Bonchev–Trinajstić information content (AvgIpc) is 3.12. The summed E-state index contributed by atoms with van der Waals surface area (Å²) in [5, 5.41) is 3.66. The molecule has 1 aromatic heterocycles. The molecule has 0 atom stereocenters. The van der Waals surface area contributed by atoms with Crippen molar-refractivity contribution in [3.8, 4) is 11.4 Å². The molecule has 1 heterocycles. The Morgan fingerprint density at radius 2 is 1.81 bits per heavy atom. The summed E-state index contributed by atoms with van der Waals surface area (Å²) in [6.07, 6.45) is 1.09. The van der Waals surface area contributed by atoms with Gasteiger partial charge in [0, 0.05) is 22.7 Å². The van der Waals surface area contributed by atoms with Crippen LogP contribution in [0.4, 0.5) is 5.69 Å². The van der Waals surface area contributed by atoms with E-state index in [0.717, 1.165) is 33.7 Å². The molecule has 0 aliphatic rings. The molecule has 134 valence electrons. The Balaban J connectivity index is 1.44. The van der Waals surface area contributed by atoms with Gasteiger partial charge >= 0.3 is 0 Å². The Kier molecular flexibility index (Phi) is 4.90. The number of anilines is 1. The van der Waals surface area contributed by atoms with Crippen molar-refractivity contribution in [2.45, 2.75) is 12.8 Å². The van der Waals surface area contributed by atoms with Gasteiger partial charge in [-0.05, 0) is 48.4 Å². The second-order valence-electron chi connectivity index (χ2n) is 6.36. The Bertz CT molecular complexity index is 1050. The van der Waals surface area contributed by atoms with Crippen molar-refractivity contribution in [1.29, 1.82) is 0 Å². The molecule has 4 rings (SSSR count). The fourth-order valence-corrected chi connectivity index (χ4v) is 3.09. The van der Waals surface area contributed by atoms with Crippen LogP contribution in [-0.2, 0) is 11.2 Å². The van der Waals surface area contributed by atoms with Gasteiger partial charge in [0.15, 0.2) is 0 Å². The number of para-hydroxylation sites is 2. The molecule has 0 saturated heterocycles. The first kappa shape index (κ1) is 17.3. The molecular weight excluding hydrogens is 358 g/mol. The highest BCUT2D eigenvalue weighted by Gasteiger charge is 2.08. The molecule has 0 aliphatic heterocycles. The van der Waals surface area contributed by atoms with Gasteiger partial charge in [-0.25, -0.2) is 4.98 Å². The van der Waals surface area contributed by atoms with E-state index in [0.29, 0.717) is 17.9 Å². The highest BCUT2D eigenvalue weighted by molar-refractivity contribution is 6.30. The highest BCUT2D eigenvalue weighted by Crippen LogP contribution is 2.23. The van der Waals surface area contributed by atoms with Crippen molar-refractivity contribution >= 4 is 34.2 Å². The lowest BCUT2D eigenvalue weighted by atomic mass is 10.1. The number of nitrogens with zero attached hydrogens (tertiary/aromatic N) is 1. The molecule has 3 aromatic carbocycles. The number of halogens is 1. The minimum atomic E-state index is -0.0216. The third kappa shape index (κ3) is 4.18. The summed E-state index contributed by atoms with van der Waals surface area (Å²) < 4.78 is 0. The topological polar surface area (TPSA) is 57.8 Å². The molecule has 4 nitrogen and oxygen atoms in total. The first-order valence-corrected chi connectivity index (χ1v) is 9.15. The normalized spacial score (nSPS) is 10.9. The molecule has 0 radical (unpaired) electrons. The molecule has 0 fully saturated rings. The zero-order valence-electron chi connectivity index (χ0n) is 14.6. The van der Waals surface area contributed by atoms with Gasteiger partial charge in [0.2, 0.25) is 5.91 Å². The van der Waals surface area contributed by atoms with Gasteiger partial charge in [-0.3, -0.25) is 4.79 Å². The van der Waals surface area contributed by atoms with Crippen molar-refractivity contribution in [1.82, 2.24) is 9.97 Å². The monoisotopic (exact) mass is 375 g/mol. The predicted octanol–water partition coefficient (Wildman–Crippen LogP) is 5.45. The maximum absolute atomic E-state index is 12.3. The third-order valence-electron chi connectivity index (χ3n) is 4.36. The van der Waals surface area contributed by atoms with Crippen molar-refractivity contribution < 1.29 is 4.79 Å². The van der Waals surface area contributed by atoms with Gasteiger partial charge in [-0.1, -0.05) is 48.0 Å². The summed E-state index contributed by atoms with van der Waals surface area (Å²) in [7, 11) is 0. The predicted molar refractivity (Wildman–Crippen MR) is 110 cm³/mol. The van der Waals surface area contributed by atoms with E-state index in [4.69, 9.17) is 11.6 Å². The standard InChI is InChI=1S/C22H18ClN3O/c23-17-11-8-15(9-12-17)10-13-21(27)24-18-5-3-4-16(14-18)22-25-19-6-1-2-7-20(19)26-22/h1-9,11-12,14H,10,13H2,(H,24,27)(H,25,26). The van der Waals surface area contributed by atoms with E-state index in [1.165, 1.54) is 0 Å². The van der Waals surface area contributed by atoms with Gasteiger partial charge in [-0.15, -0.1) is 0 Å².